The van der Waals surface area contributed by atoms with Gasteiger partial charge in [0.1, 0.15) is 0 Å². The lowest BCUT2D eigenvalue weighted by atomic mass is 10.1. The molecule has 1 aliphatic carbocycles. The van der Waals surface area contributed by atoms with Crippen LogP contribution in [0.4, 0.5) is 5.69 Å². The van der Waals surface area contributed by atoms with E-state index in [0.29, 0.717) is 6.04 Å². The van der Waals surface area contributed by atoms with Gasteiger partial charge in [-0.05, 0) is 30.5 Å². The molecule has 1 nitrogen and oxygen atoms in total. The zero-order chi connectivity index (χ0) is 13.0. The van der Waals surface area contributed by atoms with E-state index in [-0.39, 0.29) is 0 Å². The Morgan fingerprint density at radius 2 is 1.89 bits per heavy atom. The Bertz CT molecular complexity index is 386. The summed E-state index contributed by atoms with van der Waals surface area (Å²) in [6.07, 6.45) is 8.15. The highest BCUT2D eigenvalue weighted by Crippen LogP contribution is 2.29. The number of rotatable bonds is 3. The van der Waals surface area contributed by atoms with Gasteiger partial charge in [-0.25, -0.2) is 0 Å². The lowest BCUT2D eigenvalue weighted by molar-refractivity contribution is 0.553. The van der Waals surface area contributed by atoms with Crippen molar-refractivity contribution in [3.05, 3.63) is 28.8 Å². The van der Waals surface area contributed by atoms with Crippen LogP contribution < -0.4 is 4.90 Å². The SMILES string of the molecule is CN(c1ccc(CBr)c(Cl)c1)C1CCCCCC1. The first-order chi connectivity index (χ1) is 8.72. The predicted molar refractivity (Wildman–Crippen MR) is 84.0 cm³/mol. The molecule has 100 valence electrons. The molecule has 0 amide bonds. The zero-order valence-corrected chi connectivity index (χ0v) is 13.3. The van der Waals surface area contributed by atoms with E-state index in [2.05, 4.69) is 46.1 Å². The van der Waals surface area contributed by atoms with Crippen LogP contribution in [0.25, 0.3) is 0 Å². The summed E-state index contributed by atoms with van der Waals surface area (Å²) in [5.41, 5.74) is 2.41. The lowest BCUT2D eigenvalue weighted by Crippen LogP contribution is -2.31. The van der Waals surface area contributed by atoms with Gasteiger partial charge in [-0.15, -0.1) is 0 Å². The van der Waals surface area contributed by atoms with Crippen LogP contribution >= 0.6 is 27.5 Å². The summed E-state index contributed by atoms with van der Waals surface area (Å²) >= 11 is 9.75. The van der Waals surface area contributed by atoms with Gasteiger partial charge < -0.3 is 4.90 Å². The van der Waals surface area contributed by atoms with E-state index in [9.17, 15) is 0 Å². The molecule has 1 aromatic rings. The third-order valence-corrected chi connectivity index (χ3v) is 4.92. The van der Waals surface area contributed by atoms with E-state index in [1.165, 1.54) is 44.2 Å². The second-order valence-corrected chi connectivity index (χ2v) is 6.13. The van der Waals surface area contributed by atoms with Crippen molar-refractivity contribution in [1.29, 1.82) is 0 Å². The largest absolute Gasteiger partial charge is 0.372 e. The van der Waals surface area contributed by atoms with Crippen molar-refractivity contribution in [3.8, 4) is 0 Å². The predicted octanol–water partition coefficient (Wildman–Crippen LogP) is 5.39. The first kappa shape index (κ1) is 14.2. The third-order valence-electron chi connectivity index (χ3n) is 3.96. The molecule has 1 aliphatic rings. The number of anilines is 1. The molecule has 3 heteroatoms. The minimum Gasteiger partial charge on any atom is -0.372 e. The summed E-state index contributed by atoms with van der Waals surface area (Å²) in [5, 5.41) is 1.68. The molecule has 1 fully saturated rings. The number of hydrogen-bond donors (Lipinski definition) is 0. The summed E-state index contributed by atoms with van der Waals surface area (Å²) < 4.78 is 0. The van der Waals surface area contributed by atoms with Gasteiger partial charge >= 0.3 is 0 Å². The summed E-state index contributed by atoms with van der Waals surface area (Å²) in [4.78, 5) is 2.41. The quantitative estimate of drug-likeness (QED) is 0.530. The second-order valence-electron chi connectivity index (χ2n) is 5.17. The van der Waals surface area contributed by atoms with Crippen molar-refractivity contribution in [2.24, 2.45) is 0 Å². The fourth-order valence-corrected chi connectivity index (χ4v) is 3.61. The molecule has 0 radical (unpaired) electrons. The maximum Gasteiger partial charge on any atom is 0.0467 e. The molecule has 1 saturated carbocycles. The molecule has 0 heterocycles. The molecule has 0 bridgehead atoms. The topological polar surface area (TPSA) is 3.24 Å². The lowest BCUT2D eigenvalue weighted by Gasteiger charge is -2.29. The molecule has 0 N–H and O–H groups in total. The summed E-state index contributed by atoms with van der Waals surface area (Å²) in [6.45, 7) is 0. The standard InChI is InChI=1S/C15H21BrClN/c1-18(13-6-4-2-3-5-7-13)14-9-8-12(11-16)15(17)10-14/h8-10,13H,2-7,11H2,1H3. The van der Waals surface area contributed by atoms with Crippen LogP contribution in [0.15, 0.2) is 18.2 Å². The maximum absolute atomic E-state index is 6.29. The Balaban J connectivity index is 2.11. The van der Waals surface area contributed by atoms with Gasteiger partial charge in [0.05, 0.1) is 0 Å². The Labute approximate surface area is 124 Å². The zero-order valence-electron chi connectivity index (χ0n) is 11.0. The van der Waals surface area contributed by atoms with Crippen LogP contribution in [0.3, 0.4) is 0 Å². The first-order valence-electron chi connectivity index (χ1n) is 6.79. The first-order valence-corrected chi connectivity index (χ1v) is 8.29. The molecule has 1 aromatic carbocycles. The molecule has 2 rings (SSSR count). The van der Waals surface area contributed by atoms with E-state index >= 15 is 0 Å². The number of alkyl halides is 1. The van der Waals surface area contributed by atoms with Gasteiger partial charge in [0.2, 0.25) is 0 Å². The molecule has 0 spiro atoms. The molecule has 0 atom stereocenters. The highest BCUT2D eigenvalue weighted by molar-refractivity contribution is 9.08. The number of halogens is 2. The Kier molecular flexibility index (Phi) is 5.38. The highest BCUT2D eigenvalue weighted by Gasteiger charge is 2.17. The third kappa shape index (κ3) is 3.42. The van der Waals surface area contributed by atoms with Crippen molar-refractivity contribution in [2.45, 2.75) is 49.9 Å². The average molecular weight is 331 g/mol. The number of nitrogens with zero attached hydrogens (tertiary/aromatic N) is 1. The minimum absolute atomic E-state index is 0.679. The van der Waals surface area contributed by atoms with Crippen LogP contribution in [-0.2, 0) is 5.33 Å². The summed E-state index contributed by atoms with van der Waals surface area (Å²) in [5.74, 6) is 0. The highest BCUT2D eigenvalue weighted by atomic mass is 79.9. The van der Waals surface area contributed by atoms with Crippen LogP contribution in [0.2, 0.25) is 5.02 Å². The fourth-order valence-electron chi connectivity index (χ4n) is 2.72. The van der Waals surface area contributed by atoms with Crippen LogP contribution in [0.5, 0.6) is 0 Å². The Morgan fingerprint density at radius 1 is 1.22 bits per heavy atom. The van der Waals surface area contributed by atoms with Crippen LogP contribution in [-0.4, -0.2) is 13.1 Å². The smallest absolute Gasteiger partial charge is 0.0467 e. The van der Waals surface area contributed by atoms with Crippen molar-refractivity contribution in [2.75, 3.05) is 11.9 Å². The van der Waals surface area contributed by atoms with Gasteiger partial charge in [-0.3, -0.25) is 0 Å². The number of hydrogen-bond acceptors (Lipinski definition) is 1. The van der Waals surface area contributed by atoms with Gasteiger partial charge in [-0.1, -0.05) is 59.3 Å². The van der Waals surface area contributed by atoms with E-state index in [4.69, 9.17) is 11.6 Å². The average Bonchev–Trinajstić information content (AvgIpc) is 2.66. The molecule has 0 saturated heterocycles. The normalized spacial score (nSPS) is 17.5. The molecular formula is C15H21BrClN. The van der Waals surface area contributed by atoms with Crippen molar-refractivity contribution < 1.29 is 0 Å². The Hall–Kier alpha value is -0.210. The van der Waals surface area contributed by atoms with Crippen LogP contribution in [0, 0.1) is 0 Å². The maximum atomic E-state index is 6.29. The van der Waals surface area contributed by atoms with Gasteiger partial charge in [-0.2, -0.15) is 0 Å². The van der Waals surface area contributed by atoms with Crippen molar-refractivity contribution in [3.63, 3.8) is 0 Å². The minimum atomic E-state index is 0.679. The van der Waals surface area contributed by atoms with Crippen molar-refractivity contribution >= 4 is 33.2 Å². The molecule has 0 unspecified atom stereocenters. The Morgan fingerprint density at radius 3 is 2.44 bits per heavy atom. The second kappa shape index (κ2) is 6.81. The molecule has 18 heavy (non-hydrogen) atoms. The van der Waals surface area contributed by atoms with Crippen LogP contribution in [0.1, 0.15) is 44.1 Å². The number of benzene rings is 1. The van der Waals surface area contributed by atoms with Gasteiger partial charge in [0.25, 0.3) is 0 Å². The van der Waals surface area contributed by atoms with Gasteiger partial charge in [0.15, 0.2) is 0 Å². The van der Waals surface area contributed by atoms with Crippen molar-refractivity contribution in [1.82, 2.24) is 0 Å². The molecular weight excluding hydrogens is 310 g/mol. The van der Waals surface area contributed by atoms with E-state index in [1.54, 1.807) is 0 Å². The van der Waals surface area contributed by atoms with E-state index < -0.39 is 0 Å². The molecule has 0 aliphatic heterocycles. The van der Waals surface area contributed by atoms with E-state index in [0.717, 1.165) is 15.9 Å². The molecule has 0 aromatic heterocycles. The monoisotopic (exact) mass is 329 g/mol. The van der Waals surface area contributed by atoms with Gasteiger partial charge in [0, 0.05) is 29.1 Å². The van der Waals surface area contributed by atoms with E-state index in [1.807, 2.05) is 0 Å². The fraction of sp³-hybridized carbons (Fsp3) is 0.600. The summed E-state index contributed by atoms with van der Waals surface area (Å²) in [7, 11) is 2.20. The summed E-state index contributed by atoms with van der Waals surface area (Å²) in [6, 6.07) is 7.09.